The SMILES string of the molecule is [CH2]CCCCCC/C=C/C/C=C/CCCCC. The molecular formula is C17H31. The molecule has 0 saturated heterocycles. The maximum absolute atomic E-state index is 3.86. The second-order valence-corrected chi connectivity index (χ2v) is 4.73. The Balaban J connectivity index is 3.13. The zero-order chi connectivity index (χ0) is 12.6. The van der Waals surface area contributed by atoms with Crippen molar-refractivity contribution in [2.75, 3.05) is 0 Å². The van der Waals surface area contributed by atoms with E-state index in [4.69, 9.17) is 0 Å². The second-order valence-electron chi connectivity index (χ2n) is 4.73. The number of unbranched alkanes of at least 4 members (excludes halogenated alkanes) is 8. The number of hydrogen-bond donors (Lipinski definition) is 0. The van der Waals surface area contributed by atoms with E-state index in [1.807, 2.05) is 0 Å². The molecule has 0 nitrogen and oxygen atoms in total. The third-order valence-corrected chi connectivity index (χ3v) is 2.95. The fraction of sp³-hybridized carbons (Fsp3) is 0.706. The Kier molecular flexibility index (Phi) is 15.0. The number of rotatable bonds is 12. The minimum absolute atomic E-state index is 1.10. The summed E-state index contributed by atoms with van der Waals surface area (Å²) in [6.07, 6.45) is 23.4. The molecule has 1 radical (unpaired) electrons. The summed E-state index contributed by atoms with van der Waals surface area (Å²) in [5, 5.41) is 0. The van der Waals surface area contributed by atoms with Crippen molar-refractivity contribution in [2.45, 2.75) is 77.6 Å². The Bertz CT molecular complexity index is 176. The van der Waals surface area contributed by atoms with Crippen molar-refractivity contribution in [1.29, 1.82) is 0 Å². The first-order chi connectivity index (χ1) is 8.41. The molecule has 0 spiro atoms. The molecule has 0 unspecified atom stereocenters. The van der Waals surface area contributed by atoms with Crippen LogP contribution in [0.3, 0.4) is 0 Å². The van der Waals surface area contributed by atoms with Gasteiger partial charge in [0.2, 0.25) is 0 Å². The Morgan fingerprint density at radius 2 is 1.29 bits per heavy atom. The summed E-state index contributed by atoms with van der Waals surface area (Å²) >= 11 is 0. The zero-order valence-corrected chi connectivity index (χ0v) is 11.8. The quantitative estimate of drug-likeness (QED) is 0.277. The highest BCUT2D eigenvalue weighted by molar-refractivity contribution is 4.92. The molecule has 0 aliphatic carbocycles. The van der Waals surface area contributed by atoms with Crippen LogP contribution in [0.15, 0.2) is 24.3 Å². The molecule has 0 atom stereocenters. The van der Waals surface area contributed by atoms with E-state index in [1.165, 1.54) is 57.8 Å². The highest BCUT2D eigenvalue weighted by Gasteiger charge is 1.86. The fourth-order valence-corrected chi connectivity index (χ4v) is 1.81. The summed E-state index contributed by atoms with van der Waals surface area (Å²) in [4.78, 5) is 0. The normalized spacial score (nSPS) is 11.9. The minimum atomic E-state index is 1.10. The lowest BCUT2D eigenvalue weighted by Gasteiger charge is -1.95. The van der Waals surface area contributed by atoms with Gasteiger partial charge in [0, 0.05) is 0 Å². The van der Waals surface area contributed by atoms with E-state index in [1.54, 1.807) is 0 Å². The largest absolute Gasteiger partial charge is 0.0882 e. The molecule has 0 aromatic rings. The summed E-state index contributed by atoms with van der Waals surface area (Å²) in [6.45, 7) is 6.11. The molecule has 0 bridgehead atoms. The number of hydrogen-bond acceptors (Lipinski definition) is 0. The first kappa shape index (κ1) is 16.5. The Morgan fingerprint density at radius 1 is 0.706 bits per heavy atom. The first-order valence-electron chi connectivity index (χ1n) is 7.51. The van der Waals surface area contributed by atoms with E-state index in [9.17, 15) is 0 Å². The Labute approximate surface area is 109 Å². The lowest BCUT2D eigenvalue weighted by molar-refractivity contribution is 0.651. The maximum Gasteiger partial charge on any atom is -0.0169 e. The monoisotopic (exact) mass is 235 g/mol. The predicted octanol–water partition coefficient (Wildman–Crippen LogP) is 6.24. The molecule has 0 rings (SSSR count). The Morgan fingerprint density at radius 3 is 1.88 bits per heavy atom. The predicted molar refractivity (Wildman–Crippen MR) is 80.1 cm³/mol. The van der Waals surface area contributed by atoms with Gasteiger partial charge in [-0.3, -0.25) is 0 Å². The molecule has 0 heterocycles. The van der Waals surface area contributed by atoms with E-state index in [0.717, 1.165) is 12.8 Å². The van der Waals surface area contributed by atoms with Gasteiger partial charge in [0.15, 0.2) is 0 Å². The molecule has 99 valence electrons. The van der Waals surface area contributed by atoms with Gasteiger partial charge in [0.25, 0.3) is 0 Å². The number of allylic oxidation sites excluding steroid dienone is 4. The van der Waals surface area contributed by atoms with Gasteiger partial charge in [-0.05, 0) is 32.1 Å². The first-order valence-corrected chi connectivity index (χ1v) is 7.51. The highest BCUT2D eigenvalue weighted by atomic mass is 13.9. The van der Waals surface area contributed by atoms with Crippen LogP contribution in [0.1, 0.15) is 77.6 Å². The van der Waals surface area contributed by atoms with Crippen LogP contribution in [0.5, 0.6) is 0 Å². The molecule has 0 aromatic heterocycles. The molecule has 0 fully saturated rings. The third-order valence-electron chi connectivity index (χ3n) is 2.95. The molecule has 0 aromatic carbocycles. The van der Waals surface area contributed by atoms with Crippen molar-refractivity contribution < 1.29 is 0 Å². The van der Waals surface area contributed by atoms with E-state index < -0.39 is 0 Å². The van der Waals surface area contributed by atoms with Crippen LogP contribution in [-0.4, -0.2) is 0 Å². The van der Waals surface area contributed by atoms with Gasteiger partial charge in [0.1, 0.15) is 0 Å². The highest BCUT2D eigenvalue weighted by Crippen LogP contribution is 2.05. The van der Waals surface area contributed by atoms with Crippen molar-refractivity contribution in [2.24, 2.45) is 0 Å². The van der Waals surface area contributed by atoms with Gasteiger partial charge in [-0.1, -0.05) is 76.7 Å². The van der Waals surface area contributed by atoms with E-state index in [0.29, 0.717) is 0 Å². The van der Waals surface area contributed by atoms with Crippen molar-refractivity contribution in [1.82, 2.24) is 0 Å². The molecule has 0 amide bonds. The van der Waals surface area contributed by atoms with E-state index in [-0.39, 0.29) is 0 Å². The van der Waals surface area contributed by atoms with Crippen LogP contribution < -0.4 is 0 Å². The van der Waals surface area contributed by atoms with Crippen LogP contribution in [0, 0.1) is 6.92 Å². The topological polar surface area (TPSA) is 0 Å². The average Bonchev–Trinajstić information content (AvgIpc) is 2.35. The molecule has 17 heavy (non-hydrogen) atoms. The molecule has 0 aliphatic heterocycles. The van der Waals surface area contributed by atoms with Crippen LogP contribution in [0.4, 0.5) is 0 Å². The third kappa shape index (κ3) is 15.5. The van der Waals surface area contributed by atoms with Crippen LogP contribution >= 0.6 is 0 Å². The van der Waals surface area contributed by atoms with Crippen LogP contribution in [0.25, 0.3) is 0 Å². The van der Waals surface area contributed by atoms with Gasteiger partial charge in [-0.15, -0.1) is 0 Å². The summed E-state index contributed by atoms with van der Waals surface area (Å²) in [5.41, 5.74) is 0. The standard InChI is InChI=1S/C17H31/c1-3-5-7-9-11-13-15-17-16-14-12-10-8-6-4-2/h12,14-15,17H,1,3-11,13,16H2,2H3/b14-12+,17-15+. The molecular weight excluding hydrogens is 204 g/mol. The zero-order valence-electron chi connectivity index (χ0n) is 11.8. The van der Waals surface area contributed by atoms with E-state index >= 15 is 0 Å². The van der Waals surface area contributed by atoms with Gasteiger partial charge in [0.05, 0.1) is 0 Å². The minimum Gasteiger partial charge on any atom is -0.0882 e. The van der Waals surface area contributed by atoms with E-state index in [2.05, 4.69) is 38.2 Å². The van der Waals surface area contributed by atoms with Crippen LogP contribution in [0.2, 0.25) is 0 Å². The lowest BCUT2D eigenvalue weighted by atomic mass is 10.1. The van der Waals surface area contributed by atoms with Gasteiger partial charge in [-0.2, -0.15) is 0 Å². The van der Waals surface area contributed by atoms with Gasteiger partial charge >= 0.3 is 0 Å². The van der Waals surface area contributed by atoms with Gasteiger partial charge in [-0.25, -0.2) is 0 Å². The lowest BCUT2D eigenvalue weighted by Crippen LogP contribution is -1.75. The summed E-state index contributed by atoms with van der Waals surface area (Å²) in [7, 11) is 0. The van der Waals surface area contributed by atoms with Gasteiger partial charge < -0.3 is 0 Å². The fourth-order valence-electron chi connectivity index (χ4n) is 1.81. The molecule has 0 N–H and O–H groups in total. The molecule has 0 heteroatoms. The molecule has 0 saturated carbocycles. The summed E-state index contributed by atoms with van der Waals surface area (Å²) < 4.78 is 0. The summed E-state index contributed by atoms with van der Waals surface area (Å²) in [5.74, 6) is 0. The van der Waals surface area contributed by atoms with Crippen molar-refractivity contribution in [3.63, 3.8) is 0 Å². The second kappa shape index (κ2) is 15.5. The van der Waals surface area contributed by atoms with Crippen LogP contribution in [-0.2, 0) is 0 Å². The molecule has 0 aliphatic rings. The van der Waals surface area contributed by atoms with Crippen molar-refractivity contribution >= 4 is 0 Å². The average molecular weight is 235 g/mol. The maximum atomic E-state index is 3.86. The van der Waals surface area contributed by atoms with Crippen molar-refractivity contribution in [3.05, 3.63) is 31.2 Å². The smallest absolute Gasteiger partial charge is 0.0169 e. The van der Waals surface area contributed by atoms with Crippen molar-refractivity contribution in [3.8, 4) is 0 Å². The Hall–Kier alpha value is -0.520. The summed E-state index contributed by atoms with van der Waals surface area (Å²) in [6, 6.07) is 0.